The van der Waals surface area contributed by atoms with E-state index in [1.54, 1.807) is 23.5 Å². The highest BCUT2D eigenvalue weighted by Gasteiger charge is 2.15. The van der Waals surface area contributed by atoms with Crippen LogP contribution in [0.4, 0.5) is 0 Å². The Morgan fingerprint density at radius 2 is 1.21 bits per heavy atom. The summed E-state index contributed by atoms with van der Waals surface area (Å²) in [5.74, 6) is 2.72. The van der Waals surface area contributed by atoms with Crippen molar-refractivity contribution in [2.45, 2.75) is 12.2 Å². The number of rotatable bonds is 9. The number of hydrogen-bond acceptors (Lipinski definition) is 6. The topological polar surface area (TPSA) is 92.5 Å². The van der Waals surface area contributed by atoms with E-state index in [-0.39, 0.29) is 0 Å². The minimum Gasteiger partial charge on any atom is -0.390 e. The maximum atomic E-state index is 9.49. The van der Waals surface area contributed by atoms with E-state index < -0.39 is 12.2 Å². The van der Waals surface area contributed by atoms with E-state index in [9.17, 15) is 10.2 Å². The number of hydrogen-bond donors (Lipinski definition) is 4. The number of aliphatic hydroxyl groups excluding tert-OH is 2. The Bertz CT molecular complexity index is 116. The highest BCUT2D eigenvalue weighted by Crippen LogP contribution is 2.09. The largest absolute Gasteiger partial charge is 0.390 e. The van der Waals surface area contributed by atoms with Gasteiger partial charge in [-0.05, 0) is 0 Å². The number of thioether (sulfide) groups is 2. The minimum absolute atomic E-state index is 0.543. The Hall–Kier alpha value is 0.540. The van der Waals surface area contributed by atoms with Crippen molar-refractivity contribution in [3.63, 3.8) is 0 Å². The Morgan fingerprint density at radius 1 is 0.857 bits per heavy atom. The second-order valence-electron chi connectivity index (χ2n) is 2.86. The molecule has 0 aliphatic carbocycles. The number of nitrogens with two attached hydrogens (primary N) is 2. The Morgan fingerprint density at radius 3 is 1.50 bits per heavy atom. The third-order valence-electron chi connectivity index (χ3n) is 1.55. The first-order chi connectivity index (χ1) is 6.72. The summed E-state index contributed by atoms with van der Waals surface area (Å²) in [5, 5.41) is 19.0. The van der Waals surface area contributed by atoms with Crippen LogP contribution in [0.25, 0.3) is 0 Å². The van der Waals surface area contributed by atoms with Gasteiger partial charge in [0.15, 0.2) is 0 Å². The minimum atomic E-state index is -0.656. The highest BCUT2D eigenvalue weighted by atomic mass is 32.2. The van der Waals surface area contributed by atoms with Gasteiger partial charge in [0, 0.05) is 36.1 Å². The summed E-state index contributed by atoms with van der Waals surface area (Å²) in [6, 6.07) is 0. The van der Waals surface area contributed by atoms with Gasteiger partial charge in [0.2, 0.25) is 0 Å². The smallest absolute Gasteiger partial charge is 0.0897 e. The predicted molar refractivity (Wildman–Crippen MR) is 64.8 cm³/mol. The van der Waals surface area contributed by atoms with Gasteiger partial charge in [-0.15, -0.1) is 0 Å². The van der Waals surface area contributed by atoms with Crippen LogP contribution in [0.2, 0.25) is 0 Å². The fourth-order valence-corrected chi connectivity index (χ4v) is 2.39. The molecule has 14 heavy (non-hydrogen) atoms. The normalized spacial score (nSPS) is 15.4. The van der Waals surface area contributed by atoms with Crippen molar-refractivity contribution in [1.29, 1.82) is 0 Å². The molecule has 6 heteroatoms. The first kappa shape index (κ1) is 14.5. The lowest BCUT2D eigenvalue weighted by Gasteiger charge is -2.16. The zero-order valence-corrected chi connectivity index (χ0v) is 9.90. The molecular weight excluding hydrogens is 220 g/mol. The summed E-state index contributed by atoms with van der Waals surface area (Å²) in [5.41, 5.74) is 10.6. The summed E-state index contributed by atoms with van der Waals surface area (Å²) in [4.78, 5) is 0. The molecule has 0 saturated heterocycles. The lowest BCUT2D eigenvalue weighted by atomic mass is 10.3. The summed E-state index contributed by atoms with van der Waals surface area (Å²) < 4.78 is 0. The molecule has 0 amide bonds. The maximum Gasteiger partial charge on any atom is 0.0897 e. The predicted octanol–water partition coefficient (Wildman–Crippen LogP) is -0.908. The molecule has 4 nitrogen and oxygen atoms in total. The van der Waals surface area contributed by atoms with E-state index >= 15 is 0 Å². The van der Waals surface area contributed by atoms with Gasteiger partial charge in [-0.3, -0.25) is 0 Å². The van der Waals surface area contributed by atoms with Gasteiger partial charge in [-0.2, -0.15) is 23.5 Å². The summed E-state index contributed by atoms with van der Waals surface area (Å²) in [6.45, 7) is 1.21. The Kier molecular flexibility index (Phi) is 10.5. The van der Waals surface area contributed by atoms with Crippen molar-refractivity contribution in [1.82, 2.24) is 0 Å². The van der Waals surface area contributed by atoms with E-state index in [0.29, 0.717) is 24.6 Å². The Labute approximate surface area is 93.8 Å². The molecule has 86 valence electrons. The SMILES string of the molecule is NCCSCC(O)C(O)CSCCN. The molecule has 0 radical (unpaired) electrons. The Balaban J connectivity index is 3.39. The van der Waals surface area contributed by atoms with Gasteiger partial charge in [0.25, 0.3) is 0 Å². The van der Waals surface area contributed by atoms with Crippen molar-refractivity contribution < 1.29 is 10.2 Å². The van der Waals surface area contributed by atoms with Crippen LogP contribution in [0.3, 0.4) is 0 Å². The van der Waals surface area contributed by atoms with Crippen LogP contribution >= 0.6 is 23.5 Å². The van der Waals surface area contributed by atoms with Crippen LogP contribution in [0.15, 0.2) is 0 Å². The van der Waals surface area contributed by atoms with E-state index in [2.05, 4.69) is 0 Å². The lowest BCUT2D eigenvalue weighted by Crippen LogP contribution is -2.31. The summed E-state index contributed by atoms with van der Waals surface area (Å²) in [7, 11) is 0. The van der Waals surface area contributed by atoms with Gasteiger partial charge < -0.3 is 21.7 Å². The van der Waals surface area contributed by atoms with Crippen molar-refractivity contribution in [3.05, 3.63) is 0 Å². The van der Waals surface area contributed by atoms with E-state index in [1.807, 2.05) is 0 Å². The molecule has 0 aliphatic heterocycles. The molecule has 0 fully saturated rings. The summed E-state index contributed by atoms with van der Waals surface area (Å²) >= 11 is 3.12. The van der Waals surface area contributed by atoms with Crippen LogP contribution in [0, 0.1) is 0 Å². The molecule has 0 rings (SSSR count). The molecule has 0 spiro atoms. The average Bonchev–Trinajstić information content (AvgIpc) is 2.18. The van der Waals surface area contributed by atoms with Crippen LogP contribution in [-0.4, -0.2) is 58.5 Å². The third kappa shape index (κ3) is 7.90. The fraction of sp³-hybridized carbons (Fsp3) is 1.00. The molecule has 2 atom stereocenters. The van der Waals surface area contributed by atoms with Crippen molar-refractivity contribution in [3.8, 4) is 0 Å². The molecule has 0 aliphatic rings. The monoisotopic (exact) mass is 240 g/mol. The molecule has 6 N–H and O–H groups in total. The van der Waals surface area contributed by atoms with E-state index in [1.165, 1.54) is 0 Å². The molecule has 0 aromatic rings. The lowest BCUT2D eigenvalue weighted by molar-refractivity contribution is 0.0500. The molecule has 0 aromatic heterocycles. The van der Waals surface area contributed by atoms with Crippen LogP contribution in [-0.2, 0) is 0 Å². The molecule has 2 unspecified atom stereocenters. The van der Waals surface area contributed by atoms with Gasteiger partial charge in [0.1, 0.15) is 0 Å². The van der Waals surface area contributed by atoms with Gasteiger partial charge in [-0.1, -0.05) is 0 Å². The molecule has 0 aromatic carbocycles. The van der Waals surface area contributed by atoms with Gasteiger partial charge >= 0.3 is 0 Å². The van der Waals surface area contributed by atoms with Crippen molar-refractivity contribution in [2.75, 3.05) is 36.1 Å². The maximum absolute atomic E-state index is 9.49. The zero-order valence-electron chi connectivity index (χ0n) is 8.26. The molecule has 0 saturated carbocycles. The first-order valence-corrected chi connectivity index (χ1v) is 6.95. The molecule has 0 heterocycles. The summed E-state index contributed by atoms with van der Waals surface area (Å²) in [6.07, 6.45) is -1.31. The molecular formula is C8H20N2O2S2. The molecule has 0 bridgehead atoms. The second kappa shape index (κ2) is 10.1. The zero-order chi connectivity index (χ0) is 10.8. The van der Waals surface area contributed by atoms with Gasteiger partial charge in [0.05, 0.1) is 12.2 Å². The first-order valence-electron chi connectivity index (χ1n) is 4.64. The van der Waals surface area contributed by atoms with Crippen molar-refractivity contribution >= 4 is 23.5 Å². The quantitative estimate of drug-likeness (QED) is 0.390. The highest BCUT2D eigenvalue weighted by molar-refractivity contribution is 7.99. The van der Waals surface area contributed by atoms with Crippen LogP contribution in [0.1, 0.15) is 0 Å². The standard InChI is InChI=1S/C8H20N2O2S2/c9-1-3-13-5-7(11)8(12)6-14-4-2-10/h7-8,11-12H,1-6,9-10H2. The van der Waals surface area contributed by atoms with E-state index in [4.69, 9.17) is 11.5 Å². The van der Waals surface area contributed by atoms with E-state index in [0.717, 1.165) is 11.5 Å². The second-order valence-corrected chi connectivity index (χ2v) is 5.16. The average molecular weight is 240 g/mol. The van der Waals surface area contributed by atoms with Crippen molar-refractivity contribution in [2.24, 2.45) is 11.5 Å². The van der Waals surface area contributed by atoms with Crippen LogP contribution < -0.4 is 11.5 Å². The van der Waals surface area contributed by atoms with Gasteiger partial charge in [-0.25, -0.2) is 0 Å². The number of aliphatic hydroxyl groups is 2. The fourth-order valence-electron chi connectivity index (χ4n) is 0.797. The third-order valence-corrected chi connectivity index (χ3v) is 3.75. The van der Waals surface area contributed by atoms with Crippen LogP contribution in [0.5, 0.6) is 0 Å².